The quantitative estimate of drug-likeness (QED) is 0.337. The number of nitrogens with one attached hydrogen (secondary N) is 2. The number of aromatic nitrogens is 3. The van der Waals surface area contributed by atoms with Crippen molar-refractivity contribution in [3.05, 3.63) is 78.1 Å². The predicted molar refractivity (Wildman–Crippen MR) is 151 cm³/mol. The summed E-state index contributed by atoms with van der Waals surface area (Å²) in [4.78, 5) is 20.2. The van der Waals surface area contributed by atoms with Crippen LogP contribution in [-0.2, 0) is 4.74 Å². The van der Waals surface area contributed by atoms with Gasteiger partial charge in [-0.15, -0.1) is 0 Å². The number of pyridine rings is 1. The molecule has 0 saturated carbocycles. The maximum atomic E-state index is 13.3. The second-order valence-electron chi connectivity index (χ2n) is 10.9. The van der Waals surface area contributed by atoms with E-state index in [9.17, 15) is 4.79 Å². The Labute approximate surface area is 228 Å². The minimum Gasteiger partial charge on any atom is -0.490 e. The van der Waals surface area contributed by atoms with Crippen LogP contribution in [0.2, 0.25) is 0 Å². The molecule has 8 nitrogen and oxygen atoms in total. The number of hydrogen-bond donors (Lipinski definition) is 2. The van der Waals surface area contributed by atoms with Crippen molar-refractivity contribution >= 4 is 16.8 Å². The van der Waals surface area contributed by atoms with Gasteiger partial charge < -0.3 is 14.8 Å². The zero-order valence-corrected chi connectivity index (χ0v) is 22.5. The number of likely N-dealkylation sites (tertiary alicyclic amines) is 1. The van der Waals surface area contributed by atoms with Crippen LogP contribution in [0.3, 0.4) is 0 Å². The maximum Gasteiger partial charge on any atom is 0.251 e. The molecular formula is C31H35N5O3. The molecule has 39 heavy (non-hydrogen) atoms. The number of hydrogen-bond acceptors (Lipinski definition) is 6. The van der Waals surface area contributed by atoms with Crippen LogP contribution in [0.4, 0.5) is 0 Å². The molecule has 2 saturated heterocycles. The van der Waals surface area contributed by atoms with Gasteiger partial charge in [0.25, 0.3) is 5.91 Å². The Hall–Kier alpha value is -3.75. The molecule has 2 aromatic heterocycles. The molecule has 2 aliphatic heterocycles. The summed E-state index contributed by atoms with van der Waals surface area (Å²) in [5, 5.41) is 11.7. The fraction of sp³-hybridized carbons (Fsp3) is 0.387. The van der Waals surface area contributed by atoms with Gasteiger partial charge in [-0.3, -0.25) is 19.8 Å². The van der Waals surface area contributed by atoms with Crippen molar-refractivity contribution in [3.8, 4) is 17.0 Å². The lowest BCUT2D eigenvalue weighted by atomic mass is 9.99. The zero-order valence-electron chi connectivity index (χ0n) is 22.5. The number of aromatic amines is 1. The lowest BCUT2D eigenvalue weighted by Crippen LogP contribution is -2.52. The van der Waals surface area contributed by atoms with Crippen molar-refractivity contribution in [2.75, 3.05) is 26.3 Å². The molecule has 1 amide bonds. The minimum atomic E-state index is -0.176. The Morgan fingerprint density at radius 1 is 1.08 bits per heavy atom. The molecule has 4 aromatic rings. The monoisotopic (exact) mass is 525 g/mol. The van der Waals surface area contributed by atoms with Gasteiger partial charge in [0.1, 0.15) is 11.9 Å². The van der Waals surface area contributed by atoms with Crippen LogP contribution in [0.25, 0.3) is 22.2 Å². The summed E-state index contributed by atoms with van der Waals surface area (Å²) in [7, 11) is 0. The SMILES string of the molecule is CC(C)C(NC(=O)c1ccc2[nH]nc(-c3ccc(OC4CCN(C5COC5)CC4)cc3)c2c1)c1ccccn1. The van der Waals surface area contributed by atoms with E-state index in [0.29, 0.717) is 11.6 Å². The highest BCUT2D eigenvalue weighted by atomic mass is 16.5. The van der Waals surface area contributed by atoms with Gasteiger partial charge in [0.05, 0.1) is 42.2 Å². The molecule has 2 fully saturated rings. The van der Waals surface area contributed by atoms with E-state index in [1.807, 2.05) is 60.7 Å². The Bertz CT molecular complexity index is 1410. The molecule has 6 rings (SSSR count). The summed E-state index contributed by atoms with van der Waals surface area (Å²) >= 11 is 0. The summed E-state index contributed by atoms with van der Waals surface area (Å²) in [6.45, 7) is 8.02. The van der Waals surface area contributed by atoms with Gasteiger partial charge >= 0.3 is 0 Å². The first-order valence-electron chi connectivity index (χ1n) is 13.8. The number of rotatable bonds is 8. The van der Waals surface area contributed by atoms with E-state index in [1.54, 1.807) is 6.20 Å². The van der Waals surface area contributed by atoms with E-state index in [4.69, 9.17) is 9.47 Å². The summed E-state index contributed by atoms with van der Waals surface area (Å²) < 4.78 is 11.6. The Kier molecular flexibility index (Phi) is 7.30. The molecule has 0 bridgehead atoms. The van der Waals surface area contributed by atoms with Crippen molar-refractivity contribution in [2.24, 2.45) is 5.92 Å². The van der Waals surface area contributed by atoms with Crippen LogP contribution < -0.4 is 10.1 Å². The number of piperidine rings is 1. The summed E-state index contributed by atoms with van der Waals surface area (Å²) in [6.07, 6.45) is 4.06. The Balaban J connectivity index is 1.14. The van der Waals surface area contributed by atoms with E-state index in [-0.39, 0.29) is 24.0 Å². The Morgan fingerprint density at radius 2 is 1.87 bits per heavy atom. The first kappa shape index (κ1) is 25.5. The van der Waals surface area contributed by atoms with Gasteiger partial charge in [0.15, 0.2) is 0 Å². The molecule has 1 atom stereocenters. The highest BCUT2D eigenvalue weighted by Gasteiger charge is 2.30. The van der Waals surface area contributed by atoms with Crippen molar-refractivity contribution in [1.82, 2.24) is 25.4 Å². The number of ether oxygens (including phenoxy) is 2. The second-order valence-corrected chi connectivity index (χ2v) is 10.9. The van der Waals surface area contributed by atoms with E-state index in [1.165, 1.54) is 0 Å². The van der Waals surface area contributed by atoms with Gasteiger partial charge in [-0.05, 0) is 73.4 Å². The zero-order chi connectivity index (χ0) is 26.8. The van der Waals surface area contributed by atoms with Gasteiger partial charge in [0, 0.05) is 35.8 Å². The van der Waals surface area contributed by atoms with E-state index in [2.05, 4.69) is 39.2 Å². The predicted octanol–water partition coefficient (Wildman–Crippen LogP) is 4.99. The molecule has 2 N–H and O–H groups in total. The van der Waals surface area contributed by atoms with Crippen LogP contribution in [0.5, 0.6) is 5.75 Å². The van der Waals surface area contributed by atoms with E-state index >= 15 is 0 Å². The standard InChI is InChI=1S/C31H35N5O3/c1-20(2)29(28-5-3-4-14-32-28)33-31(37)22-8-11-27-26(17-22)30(35-34-27)21-6-9-24(10-7-21)39-25-12-15-36(16-13-25)23-18-38-19-23/h3-11,14,17,20,23,25,29H,12-13,15-16,18-19H2,1-2H3,(H,33,37)(H,34,35). The molecule has 0 aliphatic carbocycles. The van der Waals surface area contributed by atoms with Crippen molar-refractivity contribution in [3.63, 3.8) is 0 Å². The number of fused-ring (bicyclic) bond motifs is 1. The average molecular weight is 526 g/mol. The number of carbonyl (C=O) groups is 1. The number of amides is 1. The second kappa shape index (κ2) is 11.2. The molecule has 0 radical (unpaired) electrons. The van der Waals surface area contributed by atoms with Crippen LogP contribution >= 0.6 is 0 Å². The molecule has 2 aliphatic rings. The molecule has 1 unspecified atom stereocenters. The molecule has 4 heterocycles. The number of H-pyrrole nitrogens is 1. The van der Waals surface area contributed by atoms with Crippen molar-refractivity contribution in [1.29, 1.82) is 0 Å². The largest absolute Gasteiger partial charge is 0.490 e. The number of nitrogens with zero attached hydrogens (tertiary/aromatic N) is 3. The smallest absolute Gasteiger partial charge is 0.251 e. The lowest BCUT2D eigenvalue weighted by molar-refractivity contribution is -0.0778. The third-order valence-electron chi connectivity index (χ3n) is 7.83. The van der Waals surface area contributed by atoms with Gasteiger partial charge in [-0.1, -0.05) is 19.9 Å². The van der Waals surface area contributed by atoms with Crippen LogP contribution in [0.1, 0.15) is 48.8 Å². The molecule has 2 aromatic carbocycles. The third-order valence-corrected chi connectivity index (χ3v) is 7.83. The summed E-state index contributed by atoms with van der Waals surface area (Å²) in [6, 6.07) is 19.9. The number of benzene rings is 2. The minimum absolute atomic E-state index is 0.131. The van der Waals surface area contributed by atoms with Gasteiger partial charge in [-0.2, -0.15) is 5.10 Å². The first-order valence-corrected chi connectivity index (χ1v) is 13.8. The normalized spacial score (nSPS) is 17.7. The van der Waals surface area contributed by atoms with E-state index in [0.717, 1.165) is 72.7 Å². The van der Waals surface area contributed by atoms with Crippen LogP contribution in [-0.4, -0.2) is 64.4 Å². The Morgan fingerprint density at radius 3 is 2.54 bits per heavy atom. The number of carbonyl (C=O) groups excluding carboxylic acids is 1. The van der Waals surface area contributed by atoms with E-state index < -0.39 is 0 Å². The highest BCUT2D eigenvalue weighted by molar-refractivity contribution is 6.01. The third kappa shape index (κ3) is 5.53. The van der Waals surface area contributed by atoms with Crippen molar-refractivity contribution in [2.45, 2.75) is 44.9 Å². The topological polar surface area (TPSA) is 92.4 Å². The van der Waals surface area contributed by atoms with Crippen LogP contribution in [0, 0.1) is 5.92 Å². The fourth-order valence-corrected chi connectivity index (χ4v) is 5.42. The summed E-state index contributed by atoms with van der Waals surface area (Å²) in [5.74, 6) is 0.939. The van der Waals surface area contributed by atoms with Gasteiger partial charge in [-0.25, -0.2) is 0 Å². The molecule has 8 heteroatoms. The highest BCUT2D eigenvalue weighted by Crippen LogP contribution is 2.30. The van der Waals surface area contributed by atoms with Gasteiger partial charge in [0.2, 0.25) is 0 Å². The first-order chi connectivity index (χ1) is 19.0. The van der Waals surface area contributed by atoms with Crippen LogP contribution in [0.15, 0.2) is 66.9 Å². The molecule has 0 spiro atoms. The fourth-order valence-electron chi connectivity index (χ4n) is 5.42. The van der Waals surface area contributed by atoms with Crippen molar-refractivity contribution < 1.29 is 14.3 Å². The lowest BCUT2D eigenvalue weighted by Gasteiger charge is -2.41. The molecular weight excluding hydrogens is 490 g/mol. The molecule has 202 valence electrons. The average Bonchev–Trinajstić information content (AvgIpc) is 3.36. The maximum absolute atomic E-state index is 13.3. The summed E-state index contributed by atoms with van der Waals surface area (Å²) in [5.41, 5.74) is 4.11.